The van der Waals surface area contributed by atoms with Crippen molar-refractivity contribution < 1.29 is 14.3 Å². The molecule has 0 amide bonds. The minimum atomic E-state index is -0.539. The third-order valence-electron chi connectivity index (χ3n) is 5.88. The molecule has 0 bridgehead atoms. The van der Waals surface area contributed by atoms with Gasteiger partial charge in [-0.1, -0.05) is 79.7 Å². The number of hydrogen-bond donors (Lipinski definition) is 0. The van der Waals surface area contributed by atoms with Crippen LogP contribution in [0.3, 0.4) is 0 Å². The molecule has 186 valence electrons. The van der Waals surface area contributed by atoms with E-state index in [2.05, 4.69) is 79.4 Å². The van der Waals surface area contributed by atoms with Gasteiger partial charge >= 0.3 is 5.97 Å². The number of hydrogen-bond acceptors (Lipinski definition) is 4. The van der Waals surface area contributed by atoms with Crippen LogP contribution in [0.2, 0.25) is 0 Å². The molecule has 3 rings (SSSR count). The molecule has 3 aromatic rings. The highest BCUT2D eigenvalue weighted by molar-refractivity contribution is 5.71. The largest absolute Gasteiger partial charge is 0.494 e. The van der Waals surface area contributed by atoms with Crippen molar-refractivity contribution >= 4 is 5.97 Å². The van der Waals surface area contributed by atoms with E-state index in [9.17, 15) is 4.79 Å². The van der Waals surface area contributed by atoms with Gasteiger partial charge in [-0.2, -0.15) is 0 Å². The molecule has 0 fully saturated rings. The van der Waals surface area contributed by atoms with Crippen LogP contribution < -0.4 is 4.74 Å². The SMILES string of the molecule is CCCOc1cccc([C@H](CC(=O)OC(C)(C)C)N(Cc2ccccc2)[C@H](C)c2ccccc2)c1. The molecule has 0 aromatic heterocycles. The first-order chi connectivity index (χ1) is 16.8. The molecule has 35 heavy (non-hydrogen) atoms. The van der Waals surface area contributed by atoms with Crippen LogP contribution in [0.25, 0.3) is 0 Å². The molecular weight excluding hydrogens is 434 g/mol. The molecule has 0 aliphatic heterocycles. The van der Waals surface area contributed by atoms with Crippen molar-refractivity contribution in [3.63, 3.8) is 0 Å². The van der Waals surface area contributed by atoms with Crippen molar-refractivity contribution in [3.8, 4) is 5.75 Å². The Bertz CT molecular complexity index is 1040. The summed E-state index contributed by atoms with van der Waals surface area (Å²) in [6, 6.07) is 28.9. The second-order valence-electron chi connectivity index (χ2n) is 9.97. The summed E-state index contributed by atoms with van der Waals surface area (Å²) in [5.41, 5.74) is 2.91. The third-order valence-corrected chi connectivity index (χ3v) is 5.88. The molecule has 0 saturated carbocycles. The number of benzene rings is 3. The van der Waals surface area contributed by atoms with Crippen molar-refractivity contribution in [2.45, 2.75) is 71.7 Å². The molecular formula is C31H39NO3. The fourth-order valence-electron chi connectivity index (χ4n) is 4.23. The summed E-state index contributed by atoms with van der Waals surface area (Å²) in [5, 5.41) is 0. The van der Waals surface area contributed by atoms with Crippen LogP contribution in [0.4, 0.5) is 0 Å². The van der Waals surface area contributed by atoms with E-state index in [4.69, 9.17) is 9.47 Å². The average Bonchev–Trinajstić information content (AvgIpc) is 2.84. The average molecular weight is 474 g/mol. The van der Waals surface area contributed by atoms with Gasteiger partial charge in [0, 0.05) is 18.6 Å². The predicted molar refractivity (Wildman–Crippen MR) is 142 cm³/mol. The van der Waals surface area contributed by atoms with Gasteiger partial charge in [0.2, 0.25) is 0 Å². The van der Waals surface area contributed by atoms with E-state index in [1.807, 2.05) is 45.0 Å². The number of ether oxygens (including phenoxy) is 2. The Morgan fingerprint density at radius 2 is 1.51 bits per heavy atom. The van der Waals surface area contributed by atoms with Gasteiger partial charge in [0.05, 0.1) is 13.0 Å². The van der Waals surface area contributed by atoms with Crippen LogP contribution in [0.1, 0.15) is 76.2 Å². The lowest BCUT2D eigenvalue weighted by Crippen LogP contribution is -2.34. The van der Waals surface area contributed by atoms with Crippen molar-refractivity contribution in [2.24, 2.45) is 0 Å². The Morgan fingerprint density at radius 3 is 2.14 bits per heavy atom. The molecule has 0 N–H and O–H groups in total. The maximum Gasteiger partial charge on any atom is 0.308 e. The molecule has 3 aromatic carbocycles. The molecule has 2 atom stereocenters. The first-order valence-electron chi connectivity index (χ1n) is 12.6. The van der Waals surface area contributed by atoms with Gasteiger partial charge in [-0.25, -0.2) is 0 Å². The zero-order valence-electron chi connectivity index (χ0n) is 21.7. The first-order valence-corrected chi connectivity index (χ1v) is 12.6. The van der Waals surface area contributed by atoms with Crippen molar-refractivity contribution in [1.82, 2.24) is 4.90 Å². The lowest BCUT2D eigenvalue weighted by molar-refractivity contribution is -0.156. The summed E-state index contributed by atoms with van der Waals surface area (Å²) in [6.45, 7) is 11.4. The maximum atomic E-state index is 13.1. The van der Waals surface area contributed by atoms with Gasteiger partial charge in [-0.15, -0.1) is 0 Å². The minimum Gasteiger partial charge on any atom is -0.494 e. The van der Waals surface area contributed by atoms with Crippen LogP contribution in [0.15, 0.2) is 84.9 Å². The second kappa shape index (κ2) is 12.6. The number of esters is 1. The molecule has 0 radical (unpaired) electrons. The van der Waals surface area contributed by atoms with Crippen molar-refractivity contribution in [2.75, 3.05) is 6.61 Å². The molecule has 0 heterocycles. The number of rotatable bonds is 11. The second-order valence-corrected chi connectivity index (χ2v) is 9.97. The summed E-state index contributed by atoms with van der Waals surface area (Å²) in [6.07, 6.45) is 1.19. The molecule has 0 unspecified atom stereocenters. The fraction of sp³-hybridized carbons (Fsp3) is 0.387. The molecule has 0 saturated heterocycles. The Hall–Kier alpha value is -3.11. The summed E-state index contributed by atoms with van der Waals surface area (Å²) < 4.78 is 11.7. The van der Waals surface area contributed by atoms with E-state index in [0.717, 1.165) is 17.7 Å². The van der Waals surface area contributed by atoms with E-state index in [0.29, 0.717) is 13.2 Å². The predicted octanol–water partition coefficient (Wildman–Crippen LogP) is 7.51. The number of carbonyl (C=O) groups is 1. The van der Waals surface area contributed by atoms with Crippen LogP contribution in [0, 0.1) is 0 Å². The summed E-state index contributed by atoms with van der Waals surface area (Å²) in [5.74, 6) is 0.617. The lowest BCUT2D eigenvalue weighted by Gasteiger charge is -2.37. The van der Waals surface area contributed by atoms with E-state index in [1.54, 1.807) is 0 Å². The Balaban J connectivity index is 2.04. The number of carbonyl (C=O) groups excluding carboxylic acids is 1. The summed E-state index contributed by atoms with van der Waals surface area (Å²) >= 11 is 0. The van der Waals surface area contributed by atoms with Gasteiger partial charge in [-0.3, -0.25) is 9.69 Å². The smallest absolute Gasteiger partial charge is 0.308 e. The first kappa shape index (κ1) is 26.5. The van der Waals surface area contributed by atoms with Crippen molar-refractivity contribution in [3.05, 3.63) is 102 Å². The van der Waals surface area contributed by atoms with E-state index in [1.165, 1.54) is 11.1 Å². The summed E-state index contributed by atoms with van der Waals surface area (Å²) in [4.78, 5) is 15.5. The van der Waals surface area contributed by atoms with Crippen molar-refractivity contribution in [1.29, 1.82) is 0 Å². The lowest BCUT2D eigenvalue weighted by atomic mass is 9.96. The van der Waals surface area contributed by atoms with Crippen LogP contribution in [0.5, 0.6) is 5.75 Å². The van der Waals surface area contributed by atoms with Gasteiger partial charge in [-0.05, 0) is 62.9 Å². The van der Waals surface area contributed by atoms with Crippen LogP contribution >= 0.6 is 0 Å². The molecule has 0 aliphatic carbocycles. The highest BCUT2D eigenvalue weighted by atomic mass is 16.6. The molecule has 4 nitrogen and oxygen atoms in total. The van der Waals surface area contributed by atoms with E-state index < -0.39 is 5.60 Å². The highest BCUT2D eigenvalue weighted by Gasteiger charge is 2.30. The van der Waals surface area contributed by atoms with Gasteiger partial charge < -0.3 is 9.47 Å². The van der Waals surface area contributed by atoms with Crippen LogP contribution in [-0.2, 0) is 16.1 Å². The fourth-order valence-corrected chi connectivity index (χ4v) is 4.23. The zero-order chi connectivity index (χ0) is 25.3. The van der Waals surface area contributed by atoms with Gasteiger partial charge in [0.1, 0.15) is 11.4 Å². The normalized spacial score (nSPS) is 13.3. The van der Waals surface area contributed by atoms with E-state index >= 15 is 0 Å². The zero-order valence-corrected chi connectivity index (χ0v) is 21.7. The topological polar surface area (TPSA) is 38.8 Å². The van der Waals surface area contributed by atoms with Crippen LogP contribution in [-0.4, -0.2) is 23.1 Å². The van der Waals surface area contributed by atoms with E-state index in [-0.39, 0.29) is 24.5 Å². The maximum absolute atomic E-state index is 13.1. The quantitative estimate of drug-likeness (QED) is 0.270. The Labute approximate surface area is 210 Å². The van der Waals surface area contributed by atoms with Gasteiger partial charge in [0.15, 0.2) is 0 Å². The number of nitrogens with zero attached hydrogens (tertiary/aromatic N) is 1. The molecule has 0 aliphatic rings. The molecule has 4 heteroatoms. The monoisotopic (exact) mass is 473 g/mol. The highest BCUT2D eigenvalue weighted by Crippen LogP contribution is 2.36. The Kier molecular flexibility index (Phi) is 9.50. The standard InChI is InChI=1S/C31H39NO3/c1-6-20-34-28-19-13-18-27(21-28)29(22-30(33)35-31(3,4)5)32(23-25-14-9-7-10-15-25)24(2)26-16-11-8-12-17-26/h7-19,21,24,29H,6,20,22-23H2,1-5H3/t24-,29+/m1/s1. The summed E-state index contributed by atoms with van der Waals surface area (Å²) in [7, 11) is 0. The third kappa shape index (κ3) is 8.25. The molecule has 0 spiro atoms. The Morgan fingerprint density at radius 1 is 0.886 bits per heavy atom. The minimum absolute atomic E-state index is 0.0732. The van der Waals surface area contributed by atoms with Gasteiger partial charge in [0.25, 0.3) is 0 Å².